The summed E-state index contributed by atoms with van der Waals surface area (Å²) in [5.74, 6) is -0.742. The summed E-state index contributed by atoms with van der Waals surface area (Å²) in [6.07, 6.45) is 0.924. The molecule has 0 aromatic heterocycles. The number of ether oxygens (including phenoxy) is 2. The minimum Gasteiger partial charge on any atom is -0.469 e. The molecule has 0 aliphatic carbocycles. The van der Waals surface area contributed by atoms with Gasteiger partial charge in [0.05, 0.1) is 26.2 Å². The minimum atomic E-state index is -0.255. The van der Waals surface area contributed by atoms with Gasteiger partial charge in [-0.3, -0.25) is 14.5 Å². The van der Waals surface area contributed by atoms with Crippen molar-refractivity contribution >= 4 is 11.9 Å². The summed E-state index contributed by atoms with van der Waals surface area (Å²) >= 11 is 0. The van der Waals surface area contributed by atoms with E-state index in [0.717, 1.165) is 13.0 Å². The van der Waals surface area contributed by atoms with Crippen molar-refractivity contribution in [1.82, 2.24) is 4.90 Å². The lowest BCUT2D eigenvalue weighted by Gasteiger charge is -2.23. The number of carbonyl (C=O) groups is 2. The van der Waals surface area contributed by atoms with E-state index in [4.69, 9.17) is 4.74 Å². The zero-order valence-electron chi connectivity index (χ0n) is 11.2. The van der Waals surface area contributed by atoms with Crippen molar-refractivity contribution in [3.05, 3.63) is 0 Å². The first-order valence-corrected chi connectivity index (χ1v) is 6.00. The zero-order valence-corrected chi connectivity index (χ0v) is 11.2. The van der Waals surface area contributed by atoms with Crippen molar-refractivity contribution in [3.63, 3.8) is 0 Å². The van der Waals surface area contributed by atoms with E-state index >= 15 is 0 Å². The quantitative estimate of drug-likeness (QED) is 0.599. The number of methoxy groups -OCH3 is 1. The van der Waals surface area contributed by atoms with Crippen LogP contribution in [0.4, 0.5) is 0 Å². The second-order valence-electron chi connectivity index (χ2n) is 3.96. The lowest BCUT2D eigenvalue weighted by molar-refractivity contribution is -0.148. The molecule has 0 bridgehead atoms. The fourth-order valence-electron chi connectivity index (χ4n) is 1.60. The molecule has 100 valence electrons. The standard InChI is InChI=1S/C12H23NO4/c1-5-7-13(9-11(14)17-6-2)8-10(3)12(15)16-4/h10H,5-9H2,1-4H3. The zero-order chi connectivity index (χ0) is 13.3. The number of carbonyl (C=O) groups excluding carboxylic acids is 2. The molecule has 0 heterocycles. The van der Waals surface area contributed by atoms with Crippen molar-refractivity contribution < 1.29 is 19.1 Å². The molecule has 0 radical (unpaired) electrons. The van der Waals surface area contributed by atoms with Crippen LogP contribution in [-0.4, -0.2) is 50.2 Å². The molecule has 0 aliphatic rings. The molecule has 0 aromatic carbocycles. The van der Waals surface area contributed by atoms with E-state index in [9.17, 15) is 9.59 Å². The van der Waals surface area contributed by atoms with Crippen molar-refractivity contribution in [1.29, 1.82) is 0 Å². The molecule has 5 nitrogen and oxygen atoms in total. The second-order valence-corrected chi connectivity index (χ2v) is 3.96. The molecule has 17 heavy (non-hydrogen) atoms. The molecule has 1 unspecified atom stereocenters. The average Bonchev–Trinajstić information content (AvgIpc) is 2.28. The predicted molar refractivity (Wildman–Crippen MR) is 64.5 cm³/mol. The highest BCUT2D eigenvalue weighted by Crippen LogP contribution is 2.03. The van der Waals surface area contributed by atoms with E-state index < -0.39 is 0 Å². The highest BCUT2D eigenvalue weighted by molar-refractivity contribution is 5.73. The maximum atomic E-state index is 11.4. The topological polar surface area (TPSA) is 55.8 Å². The van der Waals surface area contributed by atoms with E-state index in [0.29, 0.717) is 13.2 Å². The Labute approximate surface area is 103 Å². The molecular weight excluding hydrogens is 222 g/mol. The molecule has 0 amide bonds. The van der Waals surface area contributed by atoms with Gasteiger partial charge in [0.25, 0.3) is 0 Å². The third kappa shape index (κ3) is 6.94. The van der Waals surface area contributed by atoms with Crippen LogP contribution in [0.1, 0.15) is 27.2 Å². The van der Waals surface area contributed by atoms with Crippen LogP contribution in [0.5, 0.6) is 0 Å². The van der Waals surface area contributed by atoms with Gasteiger partial charge in [-0.05, 0) is 19.9 Å². The molecule has 0 saturated carbocycles. The van der Waals surface area contributed by atoms with E-state index in [2.05, 4.69) is 4.74 Å². The monoisotopic (exact) mass is 245 g/mol. The Balaban J connectivity index is 4.22. The molecule has 0 aromatic rings. The second kappa shape index (κ2) is 8.98. The Hall–Kier alpha value is -1.10. The Bertz CT molecular complexity index is 243. The van der Waals surface area contributed by atoms with Gasteiger partial charge in [0.1, 0.15) is 0 Å². The van der Waals surface area contributed by atoms with Gasteiger partial charge in [-0.25, -0.2) is 0 Å². The Morgan fingerprint density at radius 1 is 1.29 bits per heavy atom. The van der Waals surface area contributed by atoms with Crippen LogP contribution in [0.3, 0.4) is 0 Å². The van der Waals surface area contributed by atoms with Crippen molar-refractivity contribution in [2.45, 2.75) is 27.2 Å². The van der Waals surface area contributed by atoms with E-state index in [-0.39, 0.29) is 24.4 Å². The van der Waals surface area contributed by atoms with Crippen LogP contribution in [-0.2, 0) is 19.1 Å². The number of hydrogen-bond acceptors (Lipinski definition) is 5. The highest BCUT2D eigenvalue weighted by Gasteiger charge is 2.19. The molecule has 0 N–H and O–H groups in total. The van der Waals surface area contributed by atoms with Gasteiger partial charge < -0.3 is 9.47 Å². The molecular formula is C12H23NO4. The summed E-state index contributed by atoms with van der Waals surface area (Å²) in [5.41, 5.74) is 0. The van der Waals surface area contributed by atoms with Crippen molar-refractivity contribution in [2.75, 3.05) is 33.4 Å². The summed E-state index contributed by atoms with van der Waals surface area (Å²) in [5, 5.41) is 0. The molecule has 0 rings (SSSR count). The van der Waals surface area contributed by atoms with E-state index in [1.807, 2.05) is 11.8 Å². The maximum Gasteiger partial charge on any atom is 0.320 e. The summed E-state index contributed by atoms with van der Waals surface area (Å²) in [6, 6.07) is 0. The van der Waals surface area contributed by atoms with Gasteiger partial charge in [0.2, 0.25) is 0 Å². The molecule has 0 fully saturated rings. The van der Waals surface area contributed by atoms with Crippen molar-refractivity contribution in [2.24, 2.45) is 5.92 Å². The molecule has 0 saturated heterocycles. The lowest BCUT2D eigenvalue weighted by Crippen LogP contribution is -2.37. The minimum absolute atomic E-state index is 0.225. The Morgan fingerprint density at radius 3 is 2.41 bits per heavy atom. The first-order chi connectivity index (χ1) is 8.04. The van der Waals surface area contributed by atoms with Crippen LogP contribution >= 0.6 is 0 Å². The van der Waals surface area contributed by atoms with Crippen LogP contribution in [0.2, 0.25) is 0 Å². The average molecular weight is 245 g/mol. The fourth-order valence-corrected chi connectivity index (χ4v) is 1.60. The summed E-state index contributed by atoms with van der Waals surface area (Å²) < 4.78 is 9.55. The van der Waals surface area contributed by atoms with Crippen LogP contribution in [0, 0.1) is 5.92 Å². The van der Waals surface area contributed by atoms with E-state index in [1.165, 1.54) is 7.11 Å². The predicted octanol–water partition coefficient (Wildman–Crippen LogP) is 1.07. The SMILES string of the molecule is CCCN(CC(=O)OCC)CC(C)C(=O)OC. The first kappa shape index (κ1) is 15.9. The fraction of sp³-hybridized carbons (Fsp3) is 0.833. The third-order valence-electron chi connectivity index (χ3n) is 2.33. The number of esters is 2. The molecule has 0 spiro atoms. The Kier molecular flexibility index (Phi) is 8.40. The van der Waals surface area contributed by atoms with Gasteiger partial charge in [-0.1, -0.05) is 13.8 Å². The van der Waals surface area contributed by atoms with Crippen molar-refractivity contribution in [3.8, 4) is 0 Å². The van der Waals surface area contributed by atoms with Crippen LogP contribution in [0.25, 0.3) is 0 Å². The summed E-state index contributed by atoms with van der Waals surface area (Å²) in [6.45, 7) is 7.48. The van der Waals surface area contributed by atoms with Crippen LogP contribution in [0.15, 0.2) is 0 Å². The summed E-state index contributed by atoms with van der Waals surface area (Å²) in [7, 11) is 1.37. The van der Waals surface area contributed by atoms with Gasteiger partial charge in [-0.15, -0.1) is 0 Å². The molecule has 5 heteroatoms. The van der Waals surface area contributed by atoms with Gasteiger partial charge in [-0.2, -0.15) is 0 Å². The van der Waals surface area contributed by atoms with Gasteiger partial charge in [0.15, 0.2) is 0 Å². The number of nitrogens with zero attached hydrogens (tertiary/aromatic N) is 1. The van der Waals surface area contributed by atoms with E-state index in [1.54, 1.807) is 13.8 Å². The maximum absolute atomic E-state index is 11.4. The molecule has 1 atom stereocenters. The Morgan fingerprint density at radius 2 is 1.94 bits per heavy atom. The van der Waals surface area contributed by atoms with Gasteiger partial charge >= 0.3 is 11.9 Å². The van der Waals surface area contributed by atoms with Crippen LogP contribution < -0.4 is 0 Å². The smallest absolute Gasteiger partial charge is 0.320 e. The number of rotatable bonds is 8. The highest BCUT2D eigenvalue weighted by atomic mass is 16.5. The lowest BCUT2D eigenvalue weighted by atomic mass is 10.1. The largest absolute Gasteiger partial charge is 0.469 e. The number of hydrogen-bond donors (Lipinski definition) is 0. The first-order valence-electron chi connectivity index (χ1n) is 6.00. The normalized spacial score (nSPS) is 12.3. The summed E-state index contributed by atoms with van der Waals surface area (Å²) in [4.78, 5) is 24.6. The van der Waals surface area contributed by atoms with Gasteiger partial charge in [0, 0.05) is 6.54 Å². The third-order valence-corrected chi connectivity index (χ3v) is 2.33. The molecule has 0 aliphatic heterocycles.